The molecule has 19 heavy (non-hydrogen) atoms. The van der Waals surface area contributed by atoms with Crippen LogP contribution in [0.2, 0.25) is 0 Å². The first-order chi connectivity index (χ1) is 9.24. The standard InChI is InChI=1S/C16H25N3/c1-12(2)13-10-14(11-13)18-15-6-5-7-17-16(15)19-8-3-4-9-19/h5-7,12-14,18H,3-4,8-11H2,1-2H3. The Morgan fingerprint density at radius 1 is 1.26 bits per heavy atom. The third kappa shape index (κ3) is 2.70. The third-order valence-electron chi connectivity index (χ3n) is 4.67. The summed E-state index contributed by atoms with van der Waals surface area (Å²) in [6.07, 6.45) is 7.14. The van der Waals surface area contributed by atoms with Crippen LogP contribution in [0.15, 0.2) is 18.3 Å². The Hall–Kier alpha value is -1.25. The van der Waals surface area contributed by atoms with E-state index in [0.29, 0.717) is 6.04 Å². The van der Waals surface area contributed by atoms with E-state index in [1.807, 2.05) is 12.3 Å². The molecule has 1 aliphatic carbocycles. The van der Waals surface area contributed by atoms with Crippen LogP contribution < -0.4 is 10.2 Å². The molecule has 1 aromatic heterocycles. The van der Waals surface area contributed by atoms with Gasteiger partial charge in [0.2, 0.25) is 0 Å². The number of hydrogen-bond donors (Lipinski definition) is 1. The normalized spacial score (nSPS) is 26.6. The van der Waals surface area contributed by atoms with Crippen LogP contribution in [-0.2, 0) is 0 Å². The van der Waals surface area contributed by atoms with Crippen LogP contribution in [0.4, 0.5) is 11.5 Å². The highest BCUT2D eigenvalue weighted by molar-refractivity contribution is 5.66. The lowest BCUT2D eigenvalue weighted by atomic mass is 9.73. The Bertz CT molecular complexity index is 418. The number of anilines is 2. The van der Waals surface area contributed by atoms with Crippen molar-refractivity contribution in [2.45, 2.75) is 45.6 Å². The van der Waals surface area contributed by atoms with Gasteiger partial charge in [0, 0.05) is 25.3 Å². The first-order valence-corrected chi connectivity index (χ1v) is 7.70. The summed E-state index contributed by atoms with van der Waals surface area (Å²) >= 11 is 0. The Labute approximate surface area is 116 Å². The van der Waals surface area contributed by atoms with Gasteiger partial charge in [-0.25, -0.2) is 4.98 Å². The van der Waals surface area contributed by atoms with Gasteiger partial charge in [-0.2, -0.15) is 0 Å². The summed E-state index contributed by atoms with van der Waals surface area (Å²) in [4.78, 5) is 7.01. The zero-order chi connectivity index (χ0) is 13.2. The van der Waals surface area contributed by atoms with Gasteiger partial charge in [-0.3, -0.25) is 0 Å². The van der Waals surface area contributed by atoms with Gasteiger partial charge in [0.15, 0.2) is 5.82 Å². The maximum Gasteiger partial charge on any atom is 0.151 e. The van der Waals surface area contributed by atoms with Gasteiger partial charge in [-0.1, -0.05) is 13.8 Å². The molecule has 2 fully saturated rings. The quantitative estimate of drug-likeness (QED) is 0.896. The average Bonchev–Trinajstić information content (AvgIpc) is 2.87. The van der Waals surface area contributed by atoms with Gasteiger partial charge >= 0.3 is 0 Å². The lowest BCUT2D eigenvalue weighted by Crippen LogP contribution is -2.38. The molecule has 0 atom stereocenters. The number of aromatic nitrogens is 1. The molecule has 0 radical (unpaired) electrons. The van der Waals surface area contributed by atoms with Gasteiger partial charge < -0.3 is 10.2 Å². The molecule has 0 aromatic carbocycles. The summed E-state index contributed by atoms with van der Waals surface area (Å²) in [5.74, 6) is 2.89. The first kappa shape index (κ1) is 12.8. The number of nitrogens with zero attached hydrogens (tertiary/aromatic N) is 2. The molecule has 1 aliphatic heterocycles. The van der Waals surface area contributed by atoms with Gasteiger partial charge in [0.25, 0.3) is 0 Å². The van der Waals surface area contributed by atoms with Crippen molar-refractivity contribution in [3.63, 3.8) is 0 Å². The summed E-state index contributed by atoms with van der Waals surface area (Å²) in [7, 11) is 0. The predicted molar refractivity (Wildman–Crippen MR) is 80.7 cm³/mol. The zero-order valence-corrected chi connectivity index (χ0v) is 12.1. The molecule has 1 saturated heterocycles. The fraction of sp³-hybridized carbons (Fsp3) is 0.688. The molecule has 1 aromatic rings. The van der Waals surface area contributed by atoms with Crippen molar-refractivity contribution < 1.29 is 0 Å². The van der Waals surface area contributed by atoms with Crippen LogP contribution in [0.5, 0.6) is 0 Å². The number of hydrogen-bond acceptors (Lipinski definition) is 3. The van der Waals surface area contributed by atoms with Crippen molar-refractivity contribution in [1.29, 1.82) is 0 Å². The highest BCUT2D eigenvalue weighted by atomic mass is 15.2. The maximum absolute atomic E-state index is 4.59. The molecule has 104 valence electrons. The zero-order valence-electron chi connectivity index (χ0n) is 12.1. The second-order valence-electron chi connectivity index (χ2n) is 6.39. The van der Waals surface area contributed by atoms with Crippen LogP contribution in [0.1, 0.15) is 39.5 Å². The highest BCUT2D eigenvalue weighted by Crippen LogP contribution is 2.37. The van der Waals surface area contributed by atoms with Crippen LogP contribution in [0, 0.1) is 11.8 Å². The molecule has 1 N–H and O–H groups in total. The van der Waals surface area contributed by atoms with Crippen LogP contribution in [0.25, 0.3) is 0 Å². The van der Waals surface area contributed by atoms with Crippen molar-refractivity contribution >= 4 is 11.5 Å². The summed E-state index contributed by atoms with van der Waals surface area (Å²) < 4.78 is 0. The third-order valence-corrected chi connectivity index (χ3v) is 4.67. The van der Waals surface area contributed by atoms with E-state index in [0.717, 1.165) is 30.7 Å². The number of nitrogens with one attached hydrogen (secondary N) is 1. The van der Waals surface area contributed by atoms with E-state index < -0.39 is 0 Å². The predicted octanol–water partition coefficient (Wildman–Crippen LogP) is 3.53. The molecule has 0 unspecified atom stereocenters. The van der Waals surface area contributed by atoms with Crippen LogP contribution in [0.3, 0.4) is 0 Å². The molecule has 3 nitrogen and oxygen atoms in total. The Morgan fingerprint density at radius 3 is 2.68 bits per heavy atom. The molecule has 2 aliphatic rings. The minimum absolute atomic E-state index is 0.651. The maximum atomic E-state index is 4.59. The van der Waals surface area contributed by atoms with Gasteiger partial charge in [0.1, 0.15) is 0 Å². The van der Waals surface area contributed by atoms with Crippen LogP contribution >= 0.6 is 0 Å². The second-order valence-corrected chi connectivity index (χ2v) is 6.39. The molecule has 2 heterocycles. The SMILES string of the molecule is CC(C)C1CC(Nc2cccnc2N2CCCC2)C1. The molecule has 1 saturated carbocycles. The second kappa shape index (κ2) is 5.40. The molecule has 0 amide bonds. The lowest BCUT2D eigenvalue weighted by Gasteiger charge is -2.39. The summed E-state index contributed by atoms with van der Waals surface area (Å²) in [6.45, 7) is 6.98. The van der Waals surface area contributed by atoms with Crippen LogP contribution in [-0.4, -0.2) is 24.1 Å². The van der Waals surface area contributed by atoms with E-state index in [1.165, 1.54) is 31.4 Å². The van der Waals surface area contributed by atoms with E-state index >= 15 is 0 Å². The highest BCUT2D eigenvalue weighted by Gasteiger charge is 2.31. The van der Waals surface area contributed by atoms with Gasteiger partial charge in [-0.05, 0) is 49.7 Å². The van der Waals surface area contributed by atoms with Gasteiger partial charge in [0.05, 0.1) is 5.69 Å². The topological polar surface area (TPSA) is 28.2 Å². The molecule has 0 bridgehead atoms. The molecular weight excluding hydrogens is 234 g/mol. The van der Waals surface area contributed by atoms with E-state index in [-0.39, 0.29) is 0 Å². The Balaban J connectivity index is 1.65. The summed E-state index contributed by atoms with van der Waals surface area (Å²) in [6, 6.07) is 4.88. The largest absolute Gasteiger partial charge is 0.379 e. The molecule has 0 spiro atoms. The molecule has 3 rings (SSSR count). The van der Waals surface area contributed by atoms with E-state index in [9.17, 15) is 0 Å². The Morgan fingerprint density at radius 2 is 2.00 bits per heavy atom. The van der Waals surface area contributed by atoms with E-state index in [4.69, 9.17) is 0 Å². The monoisotopic (exact) mass is 259 g/mol. The summed E-state index contributed by atoms with van der Waals surface area (Å²) in [5.41, 5.74) is 1.23. The first-order valence-electron chi connectivity index (χ1n) is 7.70. The minimum atomic E-state index is 0.651. The van der Waals surface area contributed by atoms with Crippen molar-refractivity contribution in [3.05, 3.63) is 18.3 Å². The molecular formula is C16H25N3. The fourth-order valence-electron chi connectivity index (χ4n) is 3.23. The Kier molecular flexibility index (Phi) is 3.63. The molecule has 3 heteroatoms. The average molecular weight is 259 g/mol. The van der Waals surface area contributed by atoms with E-state index in [2.05, 4.69) is 35.1 Å². The van der Waals surface area contributed by atoms with Crippen molar-refractivity contribution in [2.75, 3.05) is 23.3 Å². The van der Waals surface area contributed by atoms with Gasteiger partial charge in [-0.15, -0.1) is 0 Å². The van der Waals surface area contributed by atoms with Crippen molar-refractivity contribution in [1.82, 2.24) is 4.98 Å². The number of pyridine rings is 1. The smallest absolute Gasteiger partial charge is 0.151 e. The van der Waals surface area contributed by atoms with E-state index in [1.54, 1.807) is 0 Å². The fourth-order valence-corrected chi connectivity index (χ4v) is 3.23. The minimum Gasteiger partial charge on any atom is -0.379 e. The number of rotatable bonds is 4. The van der Waals surface area contributed by atoms with Crippen molar-refractivity contribution in [3.8, 4) is 0 Å². The lowest BCUT2D eigenvalue weighted by molar-refractivity contribution is 0.212. The van der Waals surface area contributed by atoms with Crippen molar-refractivity contribution in [2.24, 2.45) is 11.8 Å². The summed E-state index contributed by atoms with van der Waals surface area (Å²) in [5, 5.41) is 3.70.